The molecular formula is C29H31N3O3. The number of aryl methyl sites for hydroxylation is 1. The number of aliphatic hydroxyl groups is 1. The zero-order valence-corrected chi connectivity index (χ0v) is 20.1. The van der Waals surface area contributed by atoms with Gasteiger partial charge in [0.25, 0.3) is 5.91 Å². The molecule has 1 amide bonds. The first-order chi connectivity index (χ1) is 16.8. The van der Waals surface area contributed by atoms with Crippen molar-refractivity contribution >= 4 is 23.1 Å². The molecule has 0 fully saturated rings. The average Bonchev–Trinajstić information content (AvgIpc) is 2.98. The van der Waals surface area contributed by atoms with Crippen molar-refractivity contribution in [1.82, 2.24) is 0 Å². The number of amides is 1. The maximum Gasteiger partial charge on any atom is 0.277 e. The van der Waals surface area contributed by atoms with Gasteiger partial charge in [-0.25, -0.2) is 4.99 Å². The number of nitrogens with zero attached hydrogens (tertiary/aromatic N) is 2. The van der Waals surface area contributed by atoms with Crippen LogP contribution in [-0.4, -0.2) is 41.3 Å². The van der Waals surface area contributed by atoms with Crippen LogP contribution in [0.25, 0.3) is 0 Å². The molecule has 4 rings (SSSR count). The smallest absolute Gasteiger partial charge is 0.277 e. The van der Waals surface area contributed by atoms with Crippen LogP contribution in [-0.2, 0) is 16.0 Å². The quantitative estimate of drug-likeness (QED) is 0.491. The van der Waals surface area contributed by atoms with E-state index < -0.39 is 29.4 Å². The first-order valence-corrected chi connectivity index (χ1v) is 11.9. The number of aliphatic imine (C=N–C) groups is 1. The highest BCUT2D eigenvalue weighted by Crippen LogP contribution is 2.31. The Kier molecular flexibility index (Phi) is 7.24. The van der Waals surface area contributed by atoms with Crippen LogP contribution in [0.2, 0.25) is 0 Å². The van der Waals surface area contributed by atoms with Gasteiger partial charge in [-0.1, -0.05) is 85.8 Å². The number of fused-ring (bicyclic) bond motifs is 1. The number of hydrogen-bond donors (Lipinski definition) is 2. The Bertz CT molecular complexity index is 1230. The highest BCUT2D eigenvalue weighted by Gasteiger charge is 2.49. The fourth-order valence-corrected chi connectivity index (χ4v) is 4.52. The number of hydrogen-bond acceptors (Lipinski definition) is 5. The lowest BCUT2D eigenvalue weighted by atomic mass is 9.87. The van der Waals surface area contributed by atoms with Gasteiger partial charge in [0.15, 0.2) is 5.78 Å². The Morgan fingerprint density at radius 3 is 2.29 bits per heavy atom. The normalized spacial score (nSPS) is 19.4. The Morgan fingerprint density at radius 1 is 1.00 bits per heavy atom. The van der Waals surface area contributed by atoms with Crippen LogP contribution >= 0.6 is 0 Å². The molecule has 0 aliphatic carbocycles. The monoisotopic (exact) mass is 469 g/mol. The topological polar surface area (TPSA) is 96.0 Å². The average molecular weight is 470 g/mol. The lowest BCUT2D eigenvalue weighted by Gasteiger charge is -2.30. The van der Waals surface area contributed by atoms with Gasteiger partial charge in [0, 0.05) is 24.1 Å². The van der Waals surface area contributed by atoms with Gasteiger partial charge in [-0.15, -0.1) is 0 Å². The summed E-state index contributed by atoms with van der Waals surface area (Å²) in [6.07, 6.45) is 0.973. The number of carbonyl (C=O) groups excluding carboxylic acids is 2. The molecule has 0 saturated heterocycles. The second-order valence-corrected chi connectivity index (χ2v) is 9.07. The lowest BCUT2D eigenvalue weighted by Crippen LogP contribution is -2.61. The molecule has 0 radical (unpaired) electrons. The van der Waals surface area contributed by atoms with Crippen molar-refractivity contribution in [3.05, 3.63) is 102 Å². The van der Waals surface area contributed by atoms with Crippen LogP contribution in [0.4, 0.5) is 5.69 Å². The second-order valence-electron chi connectivity index (χ2n) is 9.07. The number of benzodiazepines with no additional fused rings is 1. The van der Waals surface area contributed by atoms with E-state index in [0.29, 0.717) is 29.8 Å². The van der Waals surface area contributed by atoms with E-state index in [1.165, 1.54) is 10.5 Å². The molecule has 180 valence electrons. The van der Waals surface area contributed by atoms with Crippen molar-refractivity contribution in [2.45, 2.75) is 38.0 Å². The summed E-state index contributed by atoms with van der Waals surface area (Å²) in [4.78, 5) is 33.3. The second kappa shape index (κ2) is 10.3. The van der Waals surface area contributed by atoms with Crippen LogP contribution < -0.4 is 10.6 Å². The third-order valence-corrected chi connectivity index (χ3v) is 6.66. The molecule has 3 N–H and O–H groups in total. The molecule has 3 aromatic rings. The van der Waals surface area contributed by atoms with Gasteiger partial charge >= 0.3 is 0 Å². The maximum absolute atomic E-state index is 13.7. The van der Waals surface area contributed by atoms with Crippen LogP contribution in [0.5, 0.6) is 0 Å². The number of ketones is 1. The molecule has 1 heterocycles. The van der Waals surface area contributed by atoms with E-state index in [1.807, 2.05) is 84.9 Å². The summed E-state index contributed by atoms with van der Waals surface area (Å²) in [6.45, 7) is 1.62. The van der Waals surface area contributed by atoms with E-state index in [-0.39, 0.29) is 0 Å². The van der Waals surface area contributed by atoms with Gasteiger partial charge < -0.3 is 10.0 Å². The van der Waals surface area contributed by atoms with Gasteiger partial charge in [-0.2, -0.15) is 0 Å². The Hall–Kier alpha value is -3.61. The number of nitrogens with two attached hydrogens (primary N) is 1. The summed E-state index contributed by atoms with van der Waals surface area (Å²) in [6, 6.07) is 26.7. The van der Waals surface area contributed by atoms with E-state index in [9.17, 15) is 14.7 Å². The minimum Gasteiger partial charge on any atom is -0.392 e. The summed E-state index contributed by atoms with van der Waals surface area (Å²) in [5.41, 5.74) is 8.14. The fraction of sp³-hybridized carbons (Fsp3) is 0.276. The number of Topliss-reactive ketones (excluding diaryl/α,β-unsaturated/α-hetero) is 1. The molecular weight excluding hydrogens is 438 g/mol. The first-order valence-electron chi connectivity index (χ1n) is 11.9. The Balaban J connectivity index is 1.63. The predicted molar refractivity (Wildman–Crippen MR) is 138 cm³/mol. The van der Waals surface area contributed by atoms with E-state index in [4.69, 9.17) is 5.73 Å². The van der Waals surface area contributed by atoms with Gasteiger partial charge in [0.2, 0.25) is 5.66 Å². The van der Waals surface area contributed by atoms with Gasteiger partial charge in [0.1, 0.15) is 0 Å². The van der Waals surface area contributed by atoms with E-state index >= 15 is 0 Å². The lowest BCUT2D eigenvalue weighted by molar-refractivity contribution is -0.138. The van der Waals surface area contributed by atoms with E-state index in [2.05, 4.69) is 4.99 Å². The Labute approximate surface area is 206 Å². The number of benzene rings is 3. The number of carbonyl (C=O) groups is 2. The predicted octanol–water partition coefficient (Wildman–Crippen LogP) is 3.74. The number of likely N-dealkylation sites (N-methyl/N-ethyl adjacent to an activating group) is 1. The summed E-state index contributed by atoms with van der Waals surface area (Å²) in [7, 11) is 1.60. The zero-order valence-electron chi connectivity index (χ0n) is 20.1. The number of para-hydroxylation sites is 1. The number of aliphatic hydroxyl groups excluding tert-OH is 1. The van der Waals surface area contributed by atoms with E-state index in [1.54, 1.807) is 14.0 Å². The zero-order chi connectivity index (χ0) is 25.0. The molecule has 35 heavy (non-hydrogen) atoms. The van der Waals surface area contributed by atoms with Gasteiger partial charge in [-0.3, -0.25) is 15.3 Å². The molecule has 0 saturated carbocycles. The van der Waals surface area contributed by atoms with Crippen molar-refractivity contribution in [3.63, 3.8) is 0 Å². The Morgan fingerprint density at radius 2 is 1.60 bits per heavy atom. The largest absolute Gasteiger partial charge is 0.392 e. The molecule has 3 aromatic carbocycles. The first kappa shape index (κ1) is 24.5. The highest BCUT2D eigenvalue weighted by molar-refractivity contribution is 6.25. The highest BCUT2D eigenvalue weighted by atomic mass is 16.3. The summed E-state index contributed by atoms with van der Waals surface area (Å²) < 4.78 is 0. The standard InChI is InChI=1S/C29H31N3O3/c1-20(25(33)19-11-14-21-12-5-3-6-13-21)27(34)29(30)28(35)32(2)24-18-10-9-17-23(24)26(31-29)22-15-7-4-8-16-22/h3-10,12-13,15-18,20,25,33H,11,14,19,30H2,1-2H3/t20-,25+,29?/m1/s1. The molecule has 6 nitrogen and oxygen atoms in total. The van der Waals surface area contributed by atoms with Crippen molar-refractivity contribution < 1.29 is 14.7 Å². The molecule has 0 aromatic heterocycles. The maximum atomic E-state index is 13.7. The van der Waals surface area contributed by atoms with Crippen LogP contribution in [0.1, 0.15) is 36.5 Å². The summed E-state index contributed by atoms with van der Waals surface area (Å²) in [5, 5.41) is 10.8. The third kappa shape index (κ3) is 4.94. The summed E-state index contributed by atoms with van der Waals surface area (Å²) >= 11 is 0. The summed E-state index contributed by atoms with van der Waals surface area (Å²) in [5.74, 6) is -2.08. The van der Waals surface area contributed by atoms with Gasteiger partial charge in [-0.05, 0) is 30.9 Å². The minimum atomic E-state index is -2.15. The van der Waals surface area contributed by atoms with E-state index in [0.717, 1.165) is 12.0 Å². The van der Waals surface area contributed by atoms with Crippen molar-refractivity contribution in [2.24, 2.45) is 16.6 Å². The van der Waals surface area contributed by atoms with Crippen LogP contribution in [0.15, 0.2) is 89.9 Å². The SMILES string of the molecule is C[C@@H](C(=O)C1(N)N=C(c2ccccc2)c2ccccc2N(C)C1=O)[C@@H](O)CCCc1ccccc1. The van der Waals surface area contributed by atoms with Crippen LogP contribution in [0, 0.1) is 5.92 Å². The third-order valence-electron chi connectivity index (χ3n) is 6.66. The van der Waals surface area contributed by atoms with Crippen molar-refractivity contribution in [1.29, 1.82) is 0 Å². The number of rotatable bonds is 8. The molecule has 0 bridgehead atoms. The molecule has 1 aliphatic rings. The van der Waals surface area contributed by atoms with Crippen molar-refractivity contribution in [3.8, 4) is 0 Å². The molecule has 1 aliphatic heterocycles. The molecule has 0 spiro atoms. The fourth-order valence-electron chi connectivity index (χ4n) is 4.52. The van der Waals surface area contributed by atoms with Gasteiger partial charge in [0.05, 0.1) is 17.5 Å². The van der Waals surface area contributed by atoms with Crippen molar-refractivity contribution in [2.75, 3.05) is 11.9 Å². The number of anilines is 1. The molecule has 1 unspecified atom stereocenters. The minimum absolute atomic E-state index is 0.414. The van der Waals surface area contributed by atoms with Crippen LogP contribution in [0.3, 0.4) is 0 Å². The molecule has 3 atom stereocenters. The molecule has 6 heteroatoms.